The first kappa shape index (κ1) is 37.4. The average Bonchev–Trinajstić information content (AvgIpc) is 2.98. The first-order valence-electron chi connectivity index (χ1n) is 12.5. The second-order valence-electron chi connectivity index (χ2n) is 8.21. The van der Waals surface area contributed by atoms with E-state index < -0.39 is 7.92 Å². The fourth-order valence-corrected chi connectivity index (χ4v) is 6.50. The third kappa shape index (κ3) is 18.0. The summed E-state index contributed by atoms with van der Waals surface area (Å²) in [6.07, 6.45) is 0. The minimum absolute atomic E-state index is 0.194. The van der Waals surface area contributed by atoms with Crippen LogP contribution in [0.5, 0.6) is 0 Å². The average molecular weight is 744 g/mol. The molecule has 0 saturated carbocycles. The van der Waals surface area contributed by atoms with Gasteiger partial charge in [0.15, 0.2) is 0 Å². The number of benzene rings is 4. The molecule has 0 heterocycles. The molecule has 0 aliphatic carbocycles. The summed E-state index contributed by atoms with van der Waals surface area (Å²) < 4.78 is 0. The van der Waals surface area contributed by atoms with Crippen molar-refractivity contribution in [2.24, 2.45) is 0 Å². The molecular weight excluding hydrogens is 706 g/mol. The fourth-order valence-electron chi connectivity index (χ4n) is 3.36. The van der Waals surface area contributed by atoms with E-state index in [0.29, 0.717) is 0 Å². The molecule has 0 saturated heterocycles. The summed E-state index contributed by atoms with van der Waals surface area (Å²) in [5.41, 5.74) is 0. The number of hydrogen-bond donors (Lipinski definition) is 1. The van der Waals surface area contributed by atoms with Gasteiger partial charge in [-0.3, -0.25) is 0 Å². The maximum atomic E-state index is 4.85. The van der Waals surface area contributed by atoms with Gasteiger partial charge < -0.3 is 10.2 Å². The van der Waals surface area contributed by atoms with Crippen molar-refractivity contribution in [1.82, 2.24) is 10.2 Å². The van der Waals surface area contributed by atoms with Crippen LogP contribution in [0.15, 0.2) is 126 Å². The molecule has 0 amide bonds. The third-order valence-electron chi connectivity index (χ3n) is 5.07. The molecule has 0 aromatic heterocycles. The molecule has 4 aromatic rings. The van der Waals surface area contributed by atoms with Crippen LogP contribution in [0.25, 0.3) is 0 Å². The SMILES string of the molecule is CN(C)CCNCCSc1ccccc1.ClCCl.[Cl][Ru][Cl].c1ccc(P(c2ccccc2)c2ccccc2)cc1. The Balaban J connectivity index is 0.000000342. The van der Waals surface area contributed by atoms with Crippen LogP contribution in [0.1, 0.15) is 0 Å². The molecule has 2 nitrogen and oxygen atoms in total. The minimum atomic E-state index is -0.446. The molecule has 0 aliphatic heterocycles. The van der Waals surface area contributed by atoms with E-state index in [1.165, 1.54) is 20.8 Å². The largest absolute Gasteiger partial charge is 0.0622 e. The predicted octanol–water partition coefficient (Wildman–Crippen LogP) is 8.17. The number of thioether (sulfide) groups is 1. The van der Waals surface area contributed by atoms with Gasteiger partial charge in [0.2, 0.25) is 0 Å². The molecule has 0 fully saturated rings. The zero-order chi connectivity index (χ0) is 29.3. The van der Waals surface area contributed by atoms with Gasteiger partial charge in [0.05, 0.1) is 5.34 Å². The van der Waals surface area contributed by atoms with E-state index in [9.17, 15) is 0 Å². The molecule has 4 rings (SSSR count). The number of nitrogens with one attached hydrogen (secondary N) is 1. The summed E-state index contributed by atoms with van der Waals surface area (Å²) >= 11 is 11.1. The minimum Gasteiger partial charge on any atom is -0.0622 e. The van der Waals surface area contributed by atoms with Gasteiger partial charge in [-0.15, -0.1) is 35.0 Å². The monoisotopic (exact) mass is 742 g/mol. The number of hydrogen-bond acceptors (Lipinski definition) is 3. The molecular formula is C31H37Cl4N2PRuS. The number of likely N-dealkylation sites (N-methyl/N-ethyl adjacent to an activating group) is 1. The van der Waals surface area contributed by atoms with Gasteiger partial charge in [-0.1, -0.05) is 109 Å². The summed E-state index contributed by atoms with van der Waals surface area (Å²) in [7, 11) is 13.5. The maximum Gasteiger partial charge on any atom is -0.0134 e. The van der Waals surface area contributed by atoms with Crippen molar-refractivity contribution in [3.05, 3.63) is 121 Å². The molecule has 218 valence electrons. The van der Waals surface area contributed by atoms with E-state index in [-0.39, 0.29) is 20.5 Å². The van der Waals surface area contributed by atoms with Crippen molar-refractivity contribution >= 4 is 78.2 Å². The third-order valence-corrected chi connectivity index (χ3v) is 8.53. The van der Waals surface area contributed by atoms with E-state index in [0.717, 1.165) is 25.4 Å². The molecule has 1 N–H and O–H groups in total. The van der Waals surface area contributed by atoms with E-state index in [1.54, 1.807) is 0 Å². The number of halogens is 4. The maximum absolute atomic E-state index is 4.85. The quantitative estimate of drug-likeness (QED) is 0.0581. The topological polar surface area (TPSA) is 15.3 Å². The standard InChI is InChI=1S/C18H15P.C12H20N2S.CH2Cl2.2ClH.Ru/c1-4-10-16(11-5-1)19(17-12-6-2-7-13-17)18-14-8-3-9-15-18;1-14(2)10-8-13-9-11-15-12-6-4-3-5-7-12;2-1-3;;;/h1-15H;3-7,13H,8-11H2,1-2H3;1H2;2*1H;/q;;;;;+2/p-2. The first-order chi connectivity index (χ1) is 19.6. The smallest absolute Gasteiger partial charge is 0.0134 e. The number of nitrogens with zero attached hydrogens (tertiary/aromatic N) is 1. The van der Waals surface area contributed by atoms with Crippen LogP contribution >= 0.6 is 62.3 Å². The van der Waals surface area contributed by atoms with Crippen molar-refractivity contribution in [2.45, 2.75) is 4.90 Å². The molecule has 0 unspecified atom stereocenters. The van der Waals surface area contributed by atoms with Crippen molar-refractivity contribution in [3.8, 4) is 0 Å². The zero-order valence-electron chi connectivity index (χ0n) is 22.8. The van der Waals surface area contributed by atoms with Crippen molar-refractivity contribution in [3.63, 3.8) is 0 Å². The Bertz CT molecular complexity index is 990. The van der Waals surface area contributed by atoms with Gasteiger partial charge in [0, 0.05) is 30.3 Å². The summed E-state index contributed by atoms with van der Waals surface area (Å²) in [4.78, 5) is 3.55. The molecule has 0 bridgehead atoms. The van der Waals surface area contributed by atoms with Gasteiger partial charge in [-0.2, -0.15) is 0 Å². The van der Waals surface area contributed by atoms with Gasteiger partial charge >= 0.3 is 34.5 Å². The van der Waals surface area contributed by atoms with Crippen LogP contribution in [0.3, 0.4) is 0 Å². The Morgan fingerprint density at radius 2 is 1.00 bits per heavy atom. The van der Waals surface area contributed by atoms with E-state index >= 15 is 0 Å². The number of rotatable bonds is 10. The van der Waals surface area contributed by atoms with Gasteiger partial charge in [0.25, 0.3) is 0 Å². The molecule has 0 spiro atoms. The van der Waals surface area contributed by atoms with Crippen LogP contribution in [0, 0.1) is 0 Å². The molecule has 9 heteroatoms. The van der Waals surface area contributed by atoms with Gasteiger partial charge in [-0.25, -0.2) is 0 Å². The van der Waals surface area contributed by atoms with Crippen LogP contribution in [-0.2, 0) is 15.1 Å². The van der Waals surface area contributed by atoms with Crippen LogP contribution in [0.4, 0.5) is 0 Å². The van der Waals surface area contributed by atoms with E-state index in [2.05, 4.69) is 146 Å². The Morgan fingerprint density at radius 3 is 1.35 bits per heavy atom. The summed E-state index contributed by atoms with van der Waals surface area (Å²) in [6.45, 7) is 3.26. The van der Waals surface area contributed by atoms with Gasteiger partial charge in [-0.05, 0) is 50.1 Å². The van der Waals surface area contributed by atoms with Crippen LogP contribution < -0.4 is 21.2 Å². The Hall–Kier alpha value is -0.637. The van der Waals surface area contributed by atoms with Crippen LogP contribution in [-0.4, -0.2) is 49.7 Å². The summed E-state index contributed by atoms with van der Waals surface area (Å²) in [6, 6.07) is 42.9. The molecule has 0 aliphatic rings. The first-order valence-corrected chi connectivity index (χ1v) is 20.4. The van der Waals surface area contributed by atoms with Crippen molar-refractivity contribution < 1.29 is 15.1 Å². The van der Waals surface area contributed by atoms with Crippen molar-refractivity contribution in [1.29, 1.82) is 0 Å². The van der Waals surface area contributed by atoms with E-state index in [1.807, 2.05) is 11.8 Å². The molecule has 0 atom stereocenters. The van der Waals surface area contributed by atoms with Crippen molar-refractivity contribution in [2.75, 3.05) is 44.8 Å². The summed E-state index contributed by atoms with van der Waals surface area (Å²) in [5, 5.41) is 7.81. The van der Waals surface area contributed by atoms with Crippen LogP contribution in [0.2, 0.25) is 0 Å². The Kier molecular flexibility index (Phi) is 24.3. The normalized spacial score (nSPS) is 10.1. The fraction of sp³-hybridized carbons (Fsp3) is 0.226. The summed E-state index contributed by atoms with van der Waals surface area (Å²) in [5.74, 6) is 1.14. The zero-order valence-corrected chi connectivity index (χ0v) is 29.2. The van der Waals surface area contributed by atoms with E-state index in [4.69, 9.17) is 42.6 Å². The second-order valence-corrected chi connectivity index (χ2v) is 15.0. The molecule has 40 heavy (non-hydrogen) atoms. The second kappa shape index (κ2) is 26.0. The Labute approximate surface area is 272 Å². The van der Waals surface area contributed by atoms with Gasteiger partial charge in [0.1, 0.15) is 0 Å². The number of alkyl halides is 2. The predicted molar refractivity (Wildman–Crippen MR) is 182 cm³/mol. The Morgan fingerprint density at radius 1 is 0.650 bits per heavy atom. The molecule has 0 radical (unpaired) electrons. The molecule has 4 aromatic carbocycles.